The van der Waals surface area contributed by atoms with Crippen molar-refractivity contribution < 1.29 is 28.0 Å². The molecule has 2 aliphatic rings. The molecular weight excluding hydrogens is 368 g/mol. The number of carbonyl (C=O) groups is 2. The van der Waals surface area contributed by atoms with Gasteiger partial charge in [-0.15, -0.1) is 0 Å². The van der Waals surface area contributed by atoms with Crippen molar-refractivity contribution in [2.75, 3.05) is 20.5 Å². The highest BCUT2D eigenvalue weighted by molar-refractivity contribution is 7.88. The Labute approximate surface area is 152 Å². The fourth-order valence-corrected chi connectivity index (χ4v) is 4.71. The zero-order valence-corrected chi connectivity index (χ0v) is 15.7. The SMILES string of the molecule is COc1cc(OC)c2c(c1Cl)O[C@@]1(C2=O)C(S(C)=O)=CC(=O)C[C@H]1C. The Morgan fingerprint density at radius 3 is 2.48 bits per heavy atom. The molecule has 0 N–H and O–H groups in total. The van der Waals surface area contributed by atoms with Crippen LogP contribution >= 0.6 is 11.6 Å². The number of benzene rings is 1. The second-order valence-corrected chi connectivity index (χ2v) is 7.73. The van der Waals surface area contributed by atoms with Gasteiger partial charge in [-0.05, 0) is 6.08 Å². The summed E-state index contributed by atoms with van der Waals surface area (Å²) in [5.74, 6) is -0.430. The van der Waals surface area contributed by atoms with Crippen LogP contribution in [0, 0.1) is 5.92 Å². The van der Waals surface area contributed by atoms with Crippen LogP contribution < -0.4 is 14.2 Å². The van der Waals surface area contributed by atoms with Crippen LogP contribution in [0.1, 0.15) is 23.7 Å². The number of carbonyl (C=O) groups excluding carboxylic acids is 2. The molecule has 0 amide bonds. The lowest BCUT2D eigenvalue weighted by molar-refractivity contribution is -0.117. The summed E-state index contributed by atoms with van der Waals surface area (Å²) >= 11 is 6.33. The van der Waals surface area contributed by atoms with Gasteiger partial charge in [0.15, 0.2) is 11.5 Å². The molecular formula is C17H17ClO6S. The third kappa shape index (κ3) is 2.40. The topological polar surface area (TPSA) is 78.9 Å². The summed E-state index contributed by atoms with van der Waals surface area (Å²) in [5, 5.41) is 0.133. The number of methoxy groups -OCH3 is 2. The van der Waals surface area contributed by atoms with Crippen LogP contribution in [0.25, 0.3) is 0 Å². The fourth-order valence-electron chi connectivity index (χ4n) is 3.39. The zero-order valence-electron chi connectivity index (χ0n) is 14.2. The first-order valence-electron chi connectivity index (χ1n) is 7.54. The van der Waals surface area contributed by atoms with Gasteiger partial charge in [-0.25, -0.2) is 0 Å². The van der Waals surface area contributed by atoms with Crippen molar-refractivity contribution in [1.82, 2.24) is 0 Å². The molecule has 3 rings (SSSR count). The van der Waals surface area contributed by atoms with E-state index in [1.54, 1.807) is 6.92 Å². The standard InChI is InChI=1S/C17H17ClO6S/c1-8-5-9(19)6-12(25(4)21)17(8)16(20)13-10(22-2)7-11(23-3)14(18)15(13)24-17/h6-8H,5H2,1-4H3/t8-,17-,25?/m1/s1. The van der Waals surface area contributed by atoms with Crippen molar-refractivity contribution >= 4 is 34.0 Å². The van der Waals surface area contributed by atoms with E-state index in [4.69, 9.17) is 25.8 Å². The lowest BCUT2D eigenvalue weighted by atomic mass is 9.77. The van der Waals surface area contributed by atoms with Gasteiger partial charge >= 0.3 is 0 Å². The Bertz CT molecular complexity index is 846. The van der Waals surface area contributed by atoms with E-state index in [2.05, 4.69) is 0 Å². The minimum absolute atomic E-state index is 0.109. The first-order chi connectivity index (χ1) is 11.8. The third-order valence-corrected chi connectivity index (χ3v) is 5.99. The number of allylic oxidation sites excluding steroid dienone is 1. The largest absolute Gasteiger partial charge is 0.496 e. The Kier molecular flexibility index (Phi) is 4.41. The van der Waals surface area contributed by atoms with Crippen LogP contribution in [0.2, 0.25) is 5.02 Å². The van der Waals surface area contributed by atoms with Gasteiger partial charge in [-0.1, -0.05) is 18.5 Å². The normalized spacial score (nSPS) is 26.1. The molecule has 1 aromatic rings. The molecule has 6 nitrogen and oxygen atoms in total. The summed E-state index contributed by atoms with van der Waals surface area (Å²) in [6.45, 7) is 1.72. The molecule has 0 aromatic heterocycles. The van der Waals surface area contributed by atoms with Gasteiger partial charge in [0, 0.05) is 24.7 Å². The number of fused-ring (bicyclic) bond motifs is 1. The van der Waals surface area contributed by atoms with Crippen LogP contribution in [0.5, 0.6) is 17.2 Å². The minimum Gasteiger partial charge on any atom is -0.496 e. The first kappa shape index (κ1) is 17.9. The quantitative estimate of drug-likeness (QED) is 0.796. The number of hydrogen-bond donors (Lipinski definition) is 0. The van der Waals surface area contributed by atoms with E-state index in [9.17, 15) is 13.8 Å². The van der Waals surface area contributed by atoms with E-state index in [-0.39, 0.29) is 39.2 Å². The Morgan fingerprint density at radius 2 is 1.92 bits per heavy atom. The number of Topliss-reactive ketones (excluding diaryl/α,β-unsaturated/α-hetero) is 1. The second kappa shape index (κ2) is 6.14. The van der Waals surface area contributed by atoms with E-state index in [0.29, 0.717) is 5.75 Å². The van der Waals surface area contributed by atoms with Gasteiger partial charge in [0.05, 0.1) is 29.9 Å². The van der Waals surface area contributed by atoms with Crippen LogP contribution in [0.4, 0.5) is 0 Å². The van der Waals surface area contributed by atoms with E-state index in [1.807, 2.05) is 0 Å². The van der Waals surface area contributed by atoms with E-state index < -0.39 is 28.1 Å². The molecule has 1 spiro atoms. The maximum absolute atomic E-state index is 13.3. The molecule has 0 saturated carbocycles. The molecule has 0 fully saturated rings. The number of ether oxygens (including phenoxy) is 3. The maximum atomic E-state index is 13.3. The molecule has 1 heterocycles. The average Bonchev–Trinajstić information content (AvgIpc) is 2.87. The van der Waals surface area contributed by atoms with Gasteiger partial charge in [0.25, 0.3) is 0 Å². The van der Waals surface area contributed by atoms with E-state index in [1.165, 1.54) is 32.6 Å². The van der Waals surface area contributed by atoms with Crippen LogP contribution in [0.15, 0.2) is 17.0 Å². The third-order valence-electron chi connectivity index (χ3n) is 4.59. The first-order valence-corrected chi connectivity index (χ1v) is 9.48. The van der Waals surface area contributed by atoms with Gasteiger partial charge in [-0.2, -0.15) is 0 Å². The lowest BCUT2D eigenvalue weighted by Crippen LogP contribution is -2.52. The summed E-state index contributed by atoms with van der Waals surface area (Å²) < 4.78 is 28.8. The minimum atomic E-state index is -1.57. The molecule has 0 bridgehead atoms. The van der Waals surface area contributed by atoms with Crippen molar-refractivity contribution in [3.05, 3.63) is 27.6 Å². The van der Waals surface area contributed by atoms with Gasteiger partial charge in [-0.3, -0.25) is 13.8 Å². The Balaban J connectivity index is 2.29. The van der Waals surface area contributed by atoms with E-state index in [0.717, 1.165) is 0 Å². The highest BCUT2D eigenvalue weighted by atomic mass is 35.5. The fraction of sp³-hybridized carbons (Fsp3) is 0.412. The smallest absolute Gasteiger partial charge is 0.219 e. The monoisotopic (exact) mass is 384 g/mol. The van der Waals surface area contributed by atoms with Gasteiger partial charge < -0.3 is 14.2 Å². The average molecular weight is 385 g/mol. The van der Waals surface area contributed by atoms with Crippen LogP contribution in [-0.4, -0.2) is 41.9 Å². The zero-order chi connectivity index (χ0) is 18.5. The Hall–Kier alpha value is -1.86. The number of rotatable bonds is 3. The van der Waals surface area contributed by atoms with Crippen molar-refractivity contribution in [2.24, 2.45) is 5.92 Å². The summed E-state index contributed by atoms with van der Waals surface area (Å²) in [7, 11) is 1.28. The van der Waals surface area contributed by atoms with Gasteiger partial charge in [0.1, 0.15) is 22.1 Å². The summed E-state index contributed by atoms with van der Waals surface area (Å²) in [4.78, 5) is 25.4. The number of ketones is 2. The second-order valence-electron chi connectivity index (χ2n) is 6.00. The molecule has 0 saturated heterocycles. The van der Waals surface area contributed by atoms with Crippen molar-refractivity contribution in [1.29, 1.82) is 0 Å². The number of halogens is 1. The summed E-state index contributed by atoms with van der Waals surface area (Å²) in [6.07, 6.45) is 2.77. The summed E-state index contributed by atoms with van der Waals surface area (Å²) in [5.41, 5.74) is -1.36. The van der Waals surface area contributed by atoms with Crippen LogP contribution in [-0.2, 0) is 15.6 Å². The van der Waals surface area contributed by atoms with Crippen molar-refractivity contribution in [3.63, 3.8) is 0 Å². The molecule has 1 aromatic carbocycles. The molecule has 25 heavy (non-hydrogen) atoms. The molecule has 134 valence electrons. The molecule has 8 heteroatoms. The molecule has 0 radical (unpaired) electrons. The highest BCUT2D eigenvalue weighted by Crippen LogP contribution is 2.54. The lowest BCUT2D eigenvalue weighted by Gasteiger charge is -2.36. The predicted molar refractivity (Wildman–Crippen MR) is 93.2 cm³/mol. The molecule has 1 aliphatic carbocycles. The van der Waals surface area contributed by atoms with Crippen molar-refractivity contribution in [2.45, 2.75) is 18.9 Å². The van der Waals surface area contributed by atoms with E-state index >= 15 is 0 Å². The highest BCUT2D eigenvalue weighted by Gasteiger charge is 2.59. The molecule has 3 atom stereocenters. The summed E-state index contributed by atoms with van der Waals surface area (Å²) in [6, 6.07) is 1.51. The molecule has 1 unspecified atom stereocenters. The Morgan fingerprint density at radius 1 is 1.28 bits per heavy atom. The molecule has 1 aliphatic heterocycles. The maximum Gasteiger partial charge on any atom is 0.219 e. The number of hydrogen-bond acceptors (Lipinski definition) is 6. The predicted octanol–water partition coefficient (Wildman–Crippen LogP) is 2.54. The van der Waals surface area contributed by atoms with Gasteiger partial charge in [0.2, 0.25) is 11.4 Å². The van der Waals surface area contributed by atoms with Crippen molar-refractivity contribution in [3.8, 4) is 17.2 Å². The van der Waals surface area contributed by atoms with Crippen LogP contribution in [0.3, 0.4) is 0 Å².